The molecule has 0 N–H and O–H groups in total. The predicted octanol–water partition coefficient (Wildman–Crippen LogP) is -0.514. The van der Waals surface area contributed by atoms with Crippen LogP contribution in [0.2, 0.25) is 0 Å². The fraction of sp³-hybridized carbons (Fsp3) is 0.0333. The third kappa shape index (κ3) is 16.1. The molecule has 9 nitrogen and oxygen atoms in total. The Morgan fingerprint density at radius 3 is 1.58 bits per heavy atom. The summed E-state index contributed by atoms with van der Waals surface area (Å²) in [6, 6.07) is 29.3. The van der Waals surface area contributed by atoms with Crippen LogP contribution in [-0.2, 0) is 29.5 Å². The van der Waals surface area contributed by atoms with Gasteiger partial charge in [0.25, 0.3) is 0 Å². The Morgan fingerprint density at radius 1 is 0.721 bits per heavy atom. The molecule has 0 unspecified atom stereocenters. The molecule has 0 saturated heterocycles. The minimum Gasteiger partial charge on any atom is -0.744 e. The van der Waals surface area contributed by atoms with E-state index < -0.39 is 21.1 Å². The van der Waals surface area contributed by atoms with Crippen LogP contribution in [0.4, 0.5) is 0 Å². The normalized spacial score (nSPS) is 10.0. The molecular formula is C30H24Na2O9S2. The van der Waals surface area contributed by atoms with Crippen LogP contribution in [0.1, 0.15) is 43.6 Å². The summed E-state index contributed by atoms with van der Waals surface area (Å²) in [6.45, 7) is 1.36. The van der Waals surface area contributed by atoms with Gasteiger partial charge in [0, 0.05) is 16.7 Å². The second-order valence-corrected chi connectivity index (χ2v) is 9.94. The van der Waals surface area contributed by atoms with Crippen LogP contribution in [0.5, 0.6) is 5.75 Å². The maximum Gasteiger partial charge on any atom is 1.00 e. The standard InChI is InChI=1S/C15H11O4S.C8H8O4S.C7H6O.2Na/c16-15(11-6-12-4-2-1-3-5-12)13-7-9-14(10-8-13)19-20(17)18;1-6(9)7-2-4-8(5-3-7)13(10,11)12;8-6-7-4-2-1-3-5-7;;/h1-11H;2-5H,1H3,(H,10,11,12);1-6H;;/q-1;;;2*+1/p-1/b11-6+;;;;. The van der Waals surface area contributed by atoms with Gasteiger partial charge in [-0.25, -0.2) is 8.42 Å². The molecule has 0 amide bonds. The van der Waals surface area contributed by atoms with Crippen molar-refractivity contribution >= 4 is 45.0 Å². The summed E-state index contributed by atoms with van der Waals surface area (Å²) in [6.07, 6.45) is 4.02. The van der Waals surface area contributed by atoms with E-state index >= 15 is 0 Å². The Kier molecular flexibility index (Phi) is 19.7. The monoisotopic (exact) mass is 638 g/mol. The molecule has 0 atom stereocenters. The zero-order chi connectivity index (χ0) is 30.3. The molecule has 0 spiro atoms. The largest absolute Gasteiger partial charge is 1.00 e. The number of rotatable bonds is 8. The predicted molar refractivity (Wildman–Crippen MR) is 152 cm³/mol. The third-order valence-corrected chi connectivity index (χ3v) is 6.19. The molecule has 4 aromatic carbocycles. The number of carbonyl (C=O) groups excluding carboxylic acids is 3. The van der Waals surface area contributed by atoms with Crippen molar-refractivity contribution in [2.24, 2.45) is 0 Å². The second-order valence-electron chi connectivity index (χ2n) is 7.98. The van der Waals surface area contributed by atoms with Gasteiger partial charge in [-0.05, 0) is 55.0 Å². The molecule has 0 aliphatic carbocycles. The quantitative estimate of drug-likeness (QED) is 0.0621. The first-order valence-corrected chi connectivity index (χ1v) is 14.1. The molecule has 0 aliphatic rings. The molecule has 0 radical (unpaired) electrons. The van der Waals surface area contributed by atoms with Crippen molar-refractivity contribution in [3.63, 3.8) is 0 Å². The van der Waals surface area contributed by atoms with Crippen LogP contribution in [0.25, 0.3) is 6.08 Å². The van der Waals surface area contributed by atoms with Crippen molar-refractivity contribution < 1.29 is 99.1 Å². The van der Waals surface area contributed by atoms with Gasteiger partial charge in [-0.3, -0.25) is 14.4 Å². The molecule has 212 valence electrons. The van der Waals surface area contributed by atoms with Crippen molar-refractivity contribution in [3.8, 4) is 5.75 Å². The molecule has 0 heterocycles. The Labute approximate surface area is 296 Å². The van der Waals surface area contributed by atoms with E-state index in [9.17, 15) is 35.8 Å². The van der Waals surface area contributed by atoms with Crippen LogP contribution in [0.15, 0.2) is 120 Å². The van der Waals surface area contributed by atoms with E-state index in [1.54, 1.807) is 18.2 Å². The molecule has 0 saturated carbocycles. The summed E-state index contributed by atoms with van der Waals surface area (Å²) < 4.78 is 56.6. The molecule has 43 heavy (non-hydrogen) atoms. The fourth-order valence-corrected chi connectivity index (χ4v) is 3.71. The van der Waals surface area contributed by atoms with Crippen molar-refractivity contribution in [2.75, 3.05) is 0 Å². The topological polar surface area (TPSA) is 152 Å². The van der Waals surface area contributed by atoms with Gasteiger partial charge in [0.1, 0.15) is 33.1 Å². The first-order chi connectivity index (χ1) is 19.5. The summed E-state index contributed by atoms with van der Waals surface area (Å²) in [4.78, 5) is 32.4. The molecule has 4 aromatic rings. The summed E-state index contributed by atoms with van der Waals surface area (Å²) >= 11 is 0. The smallest absolute Gasteiger partial charge is 0.744 e. The Morgan fingerprint density at radius 2 is 1.19 bits per heavy atom. The Bertz CT molecular complexity index is 1650. The molecule has 0 bridgehead atoms. The van der Waals surface area contributed by atoms with E-state index in [1.807, 2.05) is 48.5 Å². The van der Waals surface area contributed by atoms with E-state index in [2.05, 4.69) is 4.18 Å². The first-order valence-electron chi connectivity index (χ1n) is 11.7. The van der Waals surface area contributed by atoms with Gasteiger partial charge >= 0.3 is 59.1 Å². The van der Waals surface area contributed by atoms with Crippen LogP contribution in [0, 0.1) is 0 Å². The number of benzene rings is 4. The van der Waals surface area contributed by atoms with Gasteiger partial charge in [-0.1, -0.05) is 78.9 Å². The number of hydrogen-bond acceptors (Lipinski definition) is 10. The number of hydrogen-bond donors (Lipinski definition) is 0. The van der Waals surface area contributed by atoms with Gasteiger partial charge in [0.2, 0.25) is 0 Å². The number of Topliss-reactive ketones (excluding diaryl/α,β-unsaturated/α-hetero) is 1. The summed E-state index contributed by atoms with van der Waals surface area (Å²) in [7, 11) is -7.02. The van der Waals surface area contributed by atoms with Crippen LogP contribution >= 0.6 is 0 Å². The SMILES string of the molecule is CC(=O)c1ccc(S(=O)(=O)[O-])cc1.O=C(/C=C/c1ccccc1)c1ccc(O[S-](=O)=O)cc1.O=Cc1ccccc1.[Na+].[Na+]. The van der Waals surface area contributed by atoms with Gasteiger partial charge < -0.3 is 17.2 Å². The molecular weight excluding hydrogens is 614 g/mol. The Balaban J connectivity index is 0.000000661. The van der Waals surface area contributed by atoms with Gasteiger partial charge in [0.15, 0.2) is 11.6 Å². The van der Waals surface area contributed by atoms with E-state index in [1.165, 1.54) is 49.4 Å². The summed E-state index contributed by atoms with van der Waals surface area (Å²) in [5, 5.41) is 0. The third-order valence-electron chi connectivity index (χ3n) is 5.02. The van der Waals surface area contributed by atoms with Gasteiger partial charge in [0.05, 0.1) is 4.90 Å². The number of allylic oxidation sites excluding steroid dienone is 1. The average Bonchev–Trinajstić information content (AvgIpc) is 2.97. The molecule has 4 rings (SSSR count). The molecule has 0 fully saturated rings. The van der Waals surface area contributed by atoms with E-state index in [4.69, 9.17) is 0 Å². The minimum absolute atomic E-state index is 0. The maximum atomic E-state index is 11.9. The first kappa shape index (κ1) is 40.3. The van der Waals surface area contributed by atoms with Gasteiger partial charge in [-0.15, -0.1) is 0 Å². The van der Waals surface area contributed by atoms with Crippen LogP contribution in [-0.4, -0.2) is 30.8 Å². The van der Waals surface area contributed by atoms with E-state index in [-0.39, 0.29) is 81.3 Å². The molecule has 13 heteroatoms. The Hall–Kier alpha value is -2.71. The van der Waals surface area contributed by atoms with Crippen LogP contribution in [0.3, 0.4) is 0 Å². The zero-order valence-electron chi connectivity index (χ0n) is 23.6. The van der Waals surface area contributed by atoms with Crippen molar-refractivity contribution in [2.45, 2.75) is 11.8 Å². The van der Waals surface area contributed by atoms with E-state index in [0.717, 1.165) is 29.5 Å². The van der Waals surface area contributed by atoms with Crippen molar-refractivity contribution in [1.29, 1.82) is 0 Å². The van der Waals surface area contributed by atoms with E-state index in [0.29, 0.717) is 11.1 Å². The van der Waals surface area contributed by atoms with Gasteiger partial charge in [-0.2, -0.15) is 0 Å². The summed E-state index contributed by atoms with van der Waals surface area (Å²) in [5.41, 5.74) is 2.50. The zero-order valence-corrected chi connectivity index (χ0v) is 29.2. The number of carbonyl (C=O) groups is 3. The minimum atomic E-state index is -4.41. The molecule has 0 aromatic heterocycles. The number of ketones is 2. The van der Waals surface area contributed by atoms with Crippen molar-refractivity contribution in [1.82, 2.24) is 0 Å². The summed E-state index contributed by atoms with van der Waals surface area (Å²) in [5.74, 6) is -0.166. The van der Waals surface area contributed by atoms with Crippen LogP contribution < -0.4 is 63.3 Å². The maximum absolute atomic E-state index is 11.9. The number of aldehydes is 1. The second kappa shape index (κ2) is 21.1. The average molecular weight is 639 g/mol. The molecule has 0 aliphatic heterocycles. The fourth-order valence-electron chi connectivity index (χ4n) is 2.97. The van der Waals surface area contributed by atoms with Crippen molar-refractivity contribution in [3.05, 3.63) is 138 Å².